The van der Waals surface area contributed by atoms with Crippen molar-refractivity contribution in [2.45, 2.75) is 6.92 Å². The molecule has 1 aromatic carbocycles. The lowest BCUT2D eigenvalue weighted by Gasteiger charge is -2.02. The van der Waals surface area contributed by atoms with Gasteiger partial charge in [-0.25, -0.2) is 5.48 Å². The summed E-state index contributed by atoms with van der Waals surface area (Å²) >= 11 is 0. The molecule has 0 fully saturated rings. The Kier molecular flexibility index (Phi) is 2.30. The average Bonchev–Trinajstić information content (AvgIpc) is 2.08. The molecule has 1 amide bonds. The maximum atomic E-state index is 10.9. The topological polar surface area (TPSA) is 75.3 Å². The third-order valence-corrected chi connectivity index (χ3v) is 1.64. The SMILES string of the molecule is Cc1ccc(C(=O)NO)cc1N. The molecule has 4 heteroatoms. The molecule has 4 nitrogen and oxygen atoms in total. The highest BCUT2D eigenvalue weighted by Crippen LogP contribution is 2.12. The summed E-state index contributed by atoms with van der Waals surface area (Å²) in [6.45, 7) is 1.84. The Morgan fingerprint density at radius 2 is 2.25 bits per heavy atom. The van der Waals surface area contributed by atoms with E-state index in [1.807, 2.05) is 6.92 Å². The van der Waals surface area contributed by atoms with E-state index in [1.165, 1.54) is 11.5 Å². The van der Waals surface area contributed by atoms with E-state index in [-0.39, 0.29) is 0 Å². The van der Waals surface area contributed by atoms with Crippen LogP contribution in [-0.4, -0.2) is 11.1 Å². The summed E-state index contributed by atoms with van der Waals surface area (Å²) in [5, 5.41) is 8.31. The Bertz CT molecular complexity index is 310. The number of carbonyl (C=O) groups is 1. The van der Waals surface area contributed by atoms with Crippen molar-refractivity contribution in [3.05, 3.63) is 29.3 Å². The number of hydrogen-bond donors (Lipinski definition) is 3. The van der Waals surface area contributed by atoms with Crippen molar-refractivity contribution >= 4 is 11.6 Å². The zero-order chi connectivity index (χ0) is 9.14. The summed E-state index contributed by atoms with van der Waals surface area (Å²) in [5.74, 6) is -0.554. The smallest absolute Gasteiger partial charge is 0.274 e. The molecule has 0 saturated carbocycles. The number of nitrogens with one attached hydrogen (secondary N) is 1. The summed E-state index contributed by atoms with van der Waals surface area (Å²) in [6.07, 6.45) is 0. The normalized spacial score (nSPS) is 9.50. The molecule has 4 N–H and O–H groups in total. The van der Waals surface area contributed by atoms with Crippen LogP contribution in [-0.2, 0) is 0 Å². The van der Waals surface area contributed by atoms with Crippen LogP contribution in [0.2, 0.25) is 0 Å². The predicted molar refractivity (Wildman–Crippen MR) is 44.8 cm³/mol. The third kappa shape index (κ3) is 1.54. The van der Waals surface area contributed by atoms with Crippen molar-refractivity contribution in [3.8, 4) is 0 Å². The van der Waals surface area contributed by atoms with Crippen LogP contribution < -0.4 is 11.2 Å². The van der Waals surface area contributed by atoms with Gasteiger partial charge in [-0.3, -0.25) is 10.0 Å². The van der Waals surface area contributed by atoms with Crippen LogP contribution in [0.4, 0.5) is 5.69 Å². The first-order valence-corrected chi connectivity index (χ1v) is 3.45. The highest BCUT2D eigenvalue weighted by Gasteiger charge is 2.04. The molecule has 0 aliphatic heterocycles. The van der Waals surface area contributed by atoms with E-state index in [9.17, 15) is 4.79 Å². The van der Waals surface area contributed by atoms with Gasteiger partial charge in [0.05, 0.1) is 0 Å². The second-order valence-corrected chi connectivity index (χ2v) is 2.51. The molecule has 1 rings (SSSR count). The van der Waals surface area contributed by atoms with E-state index >= 15 is 0 Å². The lowest BCUT2D eigenvalue weighted by Crippen LogP contribution is -2.18. The fourth-order valence-electron chi connectivity index (χ4n) is 0.846. The molecule has 1 aromatic rings. The fraction of sp³-hybridized carbons (Fsp3) is 0.125. The Balaban J connectivity index is 3.05. The maximum absolute atomic E-state index is 10.9. The minimum Gasteiger partial charge on any atom is -0.398 e. The molecule has 0 aliphatic rings. The summed E-state index contributed by atoms with van der Waals surface area (Å²) in [4.78, 5) is 10.9. The highest BCUT2D eigenvalue weighted by atomic mass is 16.5. The standard InChI is InChI=1S/C8H10N2O2/c1-5-2-3-6(4-7(5)9)8(11)10-12/h2-4,12H,9H2,1H3,(H,10,11). The highest BCUT2D eigenvalue weighted by molar-refractivity contribution is 5.94. The Morgan fingerprint density at radius 1 is 1.58 bits per heavy atom. The van der Waals surface area contributed by atoms with Gasteiger partial charge in [0.1, 0.15) is 0 Å². The number of nitrogens with two attached hydrogens (primary N) is 1. The Morgan fingerprint density at radius 3 is 2.75 bits per heavy atom. The van der Waals surface area contributed by atoms with Crippen LogP contribution in [0.3, 0.4) is 0 Å². The number of hydrogen-bond acceptors (Lipinski definition) is 3. The van der Waals surface area contributed by atoms with Gasteiger partial charge in [0.15, 0.2) is 0 Å². The molecule has 0 aromatic heterocycles. The number of hydroxylamine groups is 1. The van der Waals surface area contributed by atoms with E-state index in [4.69, 9.17) is 10.9 Å². The van der Waals surface area contributed by atoms with Crippen molar-refractivity contribution in [2.75, 3.05) is 5.73 Å². The van der Waals surface area contributed by atoms with Gasteiger partial charge in [-0.2, -0.15) is 0 Å². The van der Waals surface area contributed by atoms with Gasteiger partial charge in [-0.1, -0.05) is 6.07 Å². The first-order chi connectivity index (χ1) is 5.65. The largest absolute Gasteiger partial charge is 0.398 e. The molecule has 0 spiro atoms. The van der Waals surface area contributed by atoms with Crippen LogP contribution in [0.5, 0.6) is 0 Å². The van der Waals surface area contributed by atoms with Gasteiger partial charge in [-0.15, -0.1) is 0 Å². The van der Waals surface area contributed by atoms with Crippen molar-refractivity contribution in [1.82, 2.24) is 5.48 Å². The second kappa shape index (κ2) is 3.23. The molecule has 0 bridgehead atoms. The Hall–Kier alpha value is -1.55. The molecular weight excluding hydrogens is 156 g/mol. The van der Waals surface area contributed by atoms with Crippen LogP contribution in [0.25, 0.3) is 0 Å². The van der Waals surface area contributed by atoms with Crippen LogP contribution >= 0.6 is 0 Å². The summed E-state index contributed by atoms with van der Waals surface area (Å²) < 4.78 is 0. The first-order valence-electron chi connectivity index (χ1n) is 3.45. The molecule has 0 saturated heterocycles. The van der Waals surface area contributed by atoms with Crippen LogP contribution in [0.15, 0.2) is 18.2 Å². The molecular formula is C8H10N2O2. The monoisotopic (exact) mass is 166 g/mol. The van der Waals surface area contributed by atoms with Gasteiger partial charge in [0.25, 0.3) is 5.91 Å². The van der Waals surface area contributed by atoms with Crippen LogP contribution in [0, 0.1) is 6.92 Å². The number of rotatable bonds is 1. The van der Waals surface area contributed by atoms with Crippen molar-refractivity contribution in [3.63, 3.8) is 0 Å². The molecule has 12 heavy (non-hydrogen) atoms. The van der Waals surface area contributed by atoms with Crippen LogP contribution in [0.1, 0.15) is 15.9 Å². The maximum Gasteiger partial charge on any atom is 0.274 e. The van der Waals surface area contributed by atoms with Gasteiger partial charge in [-0.05, 0) is 24.6 Å². The lowest BCUT2D eigenvalue weighted by molar-refractivity contribution is 0.0706. The molecule has 0 aliphatic carbocycles. The third-order valence-electron chi connectivity index (χ3n) is 1.64. The number of aryl methyl sites for hydroxylation is 1. The van der Waals surface area contributed by atoms with E-state index in [0.29, 0.717) is 11.3 Å². The van der Waals surface area contributed by atoms with E-state index in [1.54, 1.807) is 12.1 Å². The van der Waals surface area contributed by atoms with Gasteiger partial charge >= 0.3 is 0 Å². The van der Waals surface area contributed by atoms with Crippen molar-refractivity contribution in [1.29, 1.82) is 0 Å². The minimum atomic E-state index is -0.554. The molecule has 64 valence electrons. The van der Waals surface area contributed by atoms with E-state index in [2.05, 4.69) is 0 Å². The zero-order valence-electron chi connectivity index (χ0n) is 6.66. The van der Waals surface area contributed by atoms with Crippen molar-refractivity contribution < 1.29 is 10.0 Å². The first kappa shape index (κ1) is 8.55. The average molecular weight is 166 g/mol. The Labute approximate surface area is 70.0 Å². The number of anilines is 1. The number of carbonyl (C=O) groups excluding carboxylic acids is 1. The number of nitrogen functional groups attached to an aromatic ring is 1. The molecule has 0 atom stereocenters. The molecule has 0 unspecified atom stereocenters. The fourth-order valence-corrected chi connectivity index (χ4v) is 0.846. The molecule has 0 heterocycles. The summed E-state index contributed by atoms with van der Waals surface area (Å²) in [7, 11) is 0. The lowest BCUT2D eigenvalue weighted by atomic mass is 10.1. The minimum absolute atomic E-state index is 0.348. The quantitative estimate of drug-likeness (QED) is 0.326. The van der Waals surface area contributed by atoms with E-state index in [0.717, 1.165) is 5.56 Å². The number of benzene rings is 1. The van der Waals surface area contributed by atoms with Gasteiger partial charge in [0, 0.05) is 11.3 Å². The molecule has 0 radical (unpaired) electrons. The summed E-state index contributed by atoms with van der Waals surface area (Å²) in [6, 6.07) is 4.83. The van der Waals surface area contributed by atoms with Gasteiger partial charge < -0.3 is 5.73 Å². The summed E-state index contributed by atoms with van der Waals surface area (Å²) in [5.41, 5.74) is 8.88. The van der Waals surface area contributed by atoms with Gasteiger partial charge in [0.2, 0.25) is 0 Å². The predicted octanol–water partition coefficient (Wildman–Crippen LogP) is 0.696. The van der Waals surface area contributed by atoms with Crippen molar-refractivity contribution in [2.24, 2.45) is 0 Å². The zero-order valence-corrected chi connectivity index (χ0v) is 6.66. The van der Waals surface area contributed by atoms with E-state index < -0.39 is 5.91 Å². The number of amides is 1. The second-order valence-electron chi connectivity index (χ2n) is 2.51.